The van der Waals surface area contributed by atoms with Gasteiger partial charge in [-0.05, 0) is 61.3 Å². The molecule has 4 heteroatoms. The Morgan fingerprint density at radius 2 is 1.90 bits per heavy atom. The standard InChI is InChI=1S/C16H16Cl2FN/c1-10-13(4-3-5-14(10)17)16(20-2)9-11-8-12(19)6-7-15(11)18/h3-8,16,20H,9H2,1-2H3. The Bertz CT molecular complexity index is 613. The topological polar surface area (TPSA) is 12.0 Å². The van der Waals surface area contributed by atoms with Gasteiger partial charge in [0.2, 0.25) is 0 Å². The molecule has 0 aliphatic heterocycles. The molecular weight excluding hydrogens is 296 g/mol. The van der Waals surface area contributed by atoms with E-state index in [-0.39, 0.29) is 11.9 Å². The van der Waals surface area contributed by atoms with E-state index in [2.05, 4.69) is 5.32 Å². The van der Waals surface area contributed by atoms with E-state index in [0.717, 1.165) is 21.7 Å². The summed E-state index contributed by atoms with van der Waals surface area (Å²) in [6.45, 7) is 1.98. The summed E-state index contributed by atoms with van der Waals surface area (Å²) in [5.74, 6) is -0.276. The molecule has 0 aromatic heterocycles. The Kier molecular flexibility index (Phi) is 5.03. The molecule has 0 bridgehead atoms. The molecule has 2 aromatic carbocycles. The Labute approximate surface area is 128 Å². The number of rotatable bonds is 4. The fraction of sp³-hybridized carbons (Fsp3) is 0.250. The summed E-state index contributed by atoms with van der Waals surface area (Å²) in [6, 6.07) is 10.3. The van der Waals surface area contributed by atoms with Gasteiger partial charge in [-0.15, -0.1) is 0 Å². The third-order valence-electron chi connectivity index (χ3n) is 3.47. The maximum Gasteiger partial charge on any atom is 0.123 e. The average molecular weight is 312 g/mol. The summed E-state index contributed by atoms with van der Waals surface area (Å²) < 4.78 is 13.3. The molecule has 0 radical (unpaired) electrons. The first-order valence-corrected chi connectivity index (χ1v) is 7.14. The summed E-state index contributed by atoms with van der Waals surface area (Å²) in [6.07, 6.45) is 0.605. The highest BCUT2D eigenvalue weighted by Crippen LogP contribution is 2.28. The highest BCUT2D eigenvalue weighted by molar-refractivity contribution is 6.31. The van der Waals surface area contributed by atoms with Gasteiger partial charge in [0, 0.05) is 16.1 Å². The van der Waals surface area contributed by atoms with E-state index in [9.17, 15) is 4.39 Å². The van der Waals surface area contributed by atoms with Gasteiger partial charge in [-0.1, -0.05) is 35.3 Å². The molecule has 20 heavy (non-hydrogen) atoms. The number of likely N-dealkylation sites (N-methyl/N-ethyl adjacent to an activating group) is 1. The van der Waals surface area contributed by atoms with Crippen molar-refractivity contribution >= 4 is 23.2 Å². The lowest BCUT2D eigenvalue weighted by atomic mass is 9.95. The van der Waals surface area contributed by atoms with Crippen molar-refractivity contribution in [2.24, 2.45) is 0 Å². The summed E-state index contributed by atoms with van der Waals surface area (Å²) in [4.78, 5) is 0. The summed E-state index contributed by atoms with van der Waals surface area (Å²) >= 11 is 12.3. The number of nitrogens with one attached hydrogen (secondary N) is 1. The Hall–Kier alpha value is -1.09. The summed E-state index contributed by atoms with van der Waals surface area (Å²) in [5, 5.41) is 4.55. The lowest BCUT2D eigenvalue weighted by Crippen LogP contribution is -2.20. The molecule has 2 aromatic rings. The zero-order chi connectivity index (χ0) is 14.7. The molecule has 106 valence electrons. The van der Waals surface area contributed by atoms with Gasteiger partial charge in [0.05, 0.1) is 0 Å². The highest BCUT2D eigenvalue weighted by atomic mass is 35.5. The maximum atomic E-state index is 13.3. The van der Waals surface area contributed by atoms with Gasteiger partial charge in [0.15, 0.2) is 0 Å². The van der Waals surface area contributed by atoms with Gasteiger partial charge < -0.3 is 5.32 Å². The first-order valence-electron chi connectivity index (χ1n) is 6.39. The van der Waals surface area contributed by atoms with Crippen LogP contribution in [0.3, 0.4) is 0 Å². The van der Waals surface area contributed by atoms with Crippen molar-refractivity contribution in [2.45, 2.75) is 19.4 Å². The van der Waals surface area contributed by atoms with Crippen molar-refractivity contribution in [3.8, 4) is 0 Å². The van der Waals surface area contributed by atoms with Crippen LogP contribution in [-0.4, -0.2) is 7.05 Å². The molecule has 0 amide bonds. The van der Waals surface area contributed by atoms with Crippen LogP contribution in [-0.2, 0) is 6.42 Å². The number of benzene rings is 2. The largest absolute Gasteiger partial charge is 0.313 e. The normalized spacial score (nSPS) is 12.4. The third-order valence-corrected chi connectivity index (χ3v) is 4.24. The minimum absolute atomic E-state index is 0.0352. The first-order chi connectivity index (χ1) is 9.52. The average Bonchev–Trinajstić information content (AvgIpc) is 2.43. The third kappa shape index (κ3) is 3.32. The molecule has 1 atom stereocenters. The Morgan fingerprint density at radius 3 is 2.60 bits per heavy atom. The molecule has 0 saturated carbocycles. The van der Waals surface area contributed by atoms with Crippen molar-refractivity contribution in [3.63, 3.8) is 0 Å². The molecule has 2 rings (SSSR count). The van der Waals surface area contributed by atoms with Crippen LogP contribution >= 0.6 is 23.2 Å². The quantitative estimate of drug-likeness (QED) is 0.843. The lowest BCUT2D eigenvalue weighted by Gasteiger charge is -2.20. The van der Waals surface area contributed by atoms with Crippen LogP contribution in [0.4, 0.5) is 4.39 Å². The zero-order valence-electron chi connectivity index (χ0n) is 11.4. The fourth-order valence-electron chi connectivity index (χ4n) is 2.29. The van der Waals surface area contributed by atoms with E-state index in [1.807, 2.05) is 32.2 Å². The second kappa shape index (κ2) is 6.57. The van der Waals surface area contributed by atoms with Crippen LogP contribution in [0, 0.1) is 12.7 Å². The molecule has 0 fully saturated rings. The van der Waals surface area contributed by atoms with Crippen molar-refractivity contribution in [1.29, 1.82) is 0 Å². The number of hydrogen-bond donors (Lipinski definition) is 1. The molecule has 0 aliphatic carbocycles. The van der Waals surface area contributed by atoms with E-state index < -0.39 is 0 Å². The number of hydrogen-bond acceptors (Lipinski definition) is 1. The summed E-state index contributed by atoms with van der Waals surface area (Å²) in [7, 11) is 1.87. The molecule has 0 aliphatic rings. The first kappa shape index (κ1) is 15.3. The molecular formula is C16H16Cl2FN. The molecule has 0 saturated heterocycles. The SMILES string of the molecule is CNC(Cc1cc(F)ccc1Cl)c1cccc(Cl)c1C. The van der Waals surface area contributed by atoms with Gasteiger partial charge in [-0.3, -0.25) is 0 Å². The van der Waals surface area contributed by atoms with Crippen LogP contribution in [0.15, 0.2) is 36.4 Å². The maximum absolute atomic E-state index is 13.3. The Morgan fingerprint density at radius 1 is 1.15 bits per heavy atom. The molecule has 1 nitrogen and oxygen atoms in total. The minimum Gasteiger partial charge on any atom is -0.313 e. The van der Waals surface area contributed by atoms with E-state index >= 15 is 0 Å². The smallest absolute Gasteiger partial charge is 0.123 e. The van der Waals surface area contributed by atoms with Gasteiger partial charge in [0.25, 0.3) is 0 Å². The molecule has 1 unspecified atom stereocenters. The van der Waals surface area contributed by atoms with Crippen LogP contribution in [0.1, 0.15) is 22.7 Å². The van der Waals surface area contributed by atoms with Crippen molar-refractivity contribution < 1.29 is 4.39 Å². The minimum atomic E-state index is -0.276. The predicted molar refractivity (Wildman–Crippen MR) is 83.1 cm³/mol. The van der Waals surface area contributed by atoms with Gasteiger partial charge >= 0.3 is 0 Å². The van der Waals surface area contributed by atoms with Gasteiger partial charge in [0.1, 0.15) is 5.82 Å². The van der Waals surface area contributed by atoms with E-state index in [1.54, 1.807) is 6.07 Å². The zero-order valence-corrected chi connectivity index (χ0v) is 12.9. The monoisotopic (exact) mass is 311 g/mol. The van der Waals surface area contributed by atoms with E-state index in [4.69, 9.17) is 23.2 Å². The predicted octanol–water partition coefficient (Wildman–Crippen LogP) is 4.94. The lowest BCUT2D eigenvalue weighted by molar-refractivity contribution is 0.582. The van der Waals surface area contributed by atoms with Gasteiger partial charge in [-0.2, -0.15) is 0 Å². The van der Waals surface area contributed by atoms with Gasteiger partial charge in [-0.25, -0.2) is 4.39 Å². The second-order valence-corrected chi connectivity index (χ2v) is 5.55. The number of halogens is 3. The van der Waals surface area contributed by atoms with Crippen molar-refractivity contribution in [2.75, 3.05) is 7.05 Å². The fourth-order valence-corrected chi connectivity index (χ4v) is 2.67. The molecule has 0 heterocycles. The highest BCUT2D eigenvalue weighted by Gasteiger charge is 2.15. The van der Waals surface area contributed by atoms with Crippen LogP contribution < -0.4 is 5.32 Å². The van der Waals surface area contributed by atoms with E-state index in [0.29, 0.717) is 11.4 Å². The van der Waals surface area contributed by atoms with Crippen LogP contribution in [0.5, 0.6) is 0 Å². The van der Waals surface area contributed by atoms with Crippen molar-refractivity contribution in [1.82, 2.24) is 5.32 Å². The second-order valence-electron chi connectivity index (χ2n) is 4.74. The Balaban J connectivity index is 2.34. The van der Waals surface area contributed by atoms with E-state index in [1.165, 1.54) is 12.1 Å². The van der Waals surface area contributed by atoms with Crippen molar-refractivity contribution in [3.05, 3.63) is 69.0 Å². The summed E-state index contributed by atoms with van der Waals surface area (Å²) in [5.41, 5.74) is 2.91. The molecule has 0 spiro atoms. The molecule has 1 N–H and O–H groups in total. The van der Waals surface area contributed by atoms with Crippen LogP contribution in [0.2, 0.25) is 10.0 Å². The van der Waals surface area contributed by atoms with Crippen LogP contribution in [0.25, 0.3) is 0 Å².